The summed E-state index contributed by atoms with van der Waals surface area (Å²) in [5.41, 5.74) is -2.07. The predicted octanol–water partition coefficient (Wildman–Crippen LogP) is 8.06. The first kappa shape index (κ1) is 30.8. The molecular formula is C28H24Cl2F4N4O5. The van der Waals surface area contributed by atoms with Crippen molar-refractivity contribution in [2.24, 2.45) is 0 Å². The van der Waals surface area contributed by atoms with Crippen LogP contribution in [-0.4, -0.2) is 35.1 Å². The molecule has 43 heavy (non-hydrogen) atoms. The van der Waals surface area contributed by atoms with Crippen LogP contribution in [0.3, 0.4) is 0 Å². The summed E-state index contributed by atoms with van der Waals surface area (Å²) < 4.78 is 67.8. The first-order valence-corrected chi connectivity index (χ1v) is 14.0. The van der Waals surface area contributed by atoms with Crippen molar-refractivity contribution in [3.8, 4) is 0 Å². The third kappa shape index (κ3) is 5.80. The zero-order valence-corrected chi connectivity index (χ0v) is 24.2. The molecule has 15 heteroatoms. The van der Waals surface area contributed by atoms with Gasteiger partial charge in [-0.05, 0) is 51.0 Å². The fourth-order valence-corrected chi connectivity index (χ4v) is 6.48. The number of benzene rings is 3. The van der Waals surface area contributed by atoms with E-state index in [1.807, 2.05) is 0 Å². The lowest BCUT2D eigenvalue weighted by Crippen LogP contribution is -2.46. The summed E-state index contributed by atoms with van der Waals surface area (Å²) >= 11 is 11.8. The van der Waals surface area contributed by atoms with Crippen molar-refractivity contribution in [3.63, 3.8) is 0 Å². The molecule has 5 rings (SSSR count). The van der Waals surface area contributed by atoms with Crippen LogP contribution in [0, 0.1) is 43.5 Å². The molecule has 228 valence electrons. The Morgan fingerprint density at radius 1 is 0.744 bits per heavy atom. The molecule has 0 spiro atoms. The molecule has 0 amide bonds. The molecule has 0 bridgehead atoms. The Labute approximate surface area is 252 Å². The molecule has 0 radical (unpaired) electrons. The summed E-state index contributed by atoms with van der Waals surface area (Å²) in [6.45, 7) is 3.97. The average molecular weight is 643 g/mol. The van der Waals surface area contributed by atoms with Gasteiger partial charge in [-0.1, -0.05) is 23.2 Å². The topological polar surface area (TPSA) is 102 Å². The fourth-order valence-electron chi connectivity index (χ4n) is 6.04. The number of nitro benzene ring substituents is 2. The maximum Gasteiger partial charge on any atom is 0.288 e. The number of halogens is 6. The second-order valence-corrected chi connectivity index (χ2v) is 11.4. The zero-order chi connectivity index (χ0) is 31.3. The highest BCUT2D eigenvalue weighted by molar-refractivity contribution is 6.33. The van der Waals surface area contributed by atoms with Gasteiger partial charge in [-0.25, -0.2) is 17.6 Å². The van der Waals surface area contributed by atoms with Crippen LogP contribution in [-0.2, 0) is 4.74 Å². The number of nitrogens with zero attached hydrogens (tertiary/aromatic N) is 4. The number of rotatable bonds is 6. The highest BCUT2D eigenvalue weighted by Gasteiger charge is 2.41. The molecule has 2 aliphatic heterocycles. The molecular weight excluding hydrogens is 619 g/mol. The summed E-state index contributed by atoms with van der Waals surface area (Å²) in [5.74, 6) is -3.76. The third-order valence-corrected chi connectivity index (χ3v) is 8.27. The van der Waals surface area contributed by atoms with E-state index in [-0.39, 0.29) is 60.6 Å². The molecule has 2 heterocycles. The first-order valence-electron chi connectivity index (χ1n) is 13.2. The van der Waals surface area contributed by atoms with Crippen LogP contribution in [0.25, 0.3) is 0 Å². The van der Waals surface area contributed by atoms with Crippen molar-refractivity contribution >= 4 is 46.0 Å². The van der Waals surface area contributed by atoms with Gasteiger partial charge in [-0.15, -0.1) is 0 Å². The summed E-state index contributed by atoms with van der Waals surface area (Å²) in [4.78, 5) is 24.4. The van der Waals surface area contributed by atoms with Gasteiger partial charge in [0.2, 0.25) is 0 Å². The van der Waals surface area contributed by atoms with E-state index >= 15 is 17.6 Å². The minimum absolute atomic E-state index is 0.0414. The van der Waals surface area contributed by atoms with Crippen molar-refractivity contribution in [2.45, 2.75) is 51.0 Å². The second-order valence-electron chi connectivity index (χ2n) is 10.6. The Hall–Kier alpha value is -3.68. The molecule has 2 saturated heterocycles. The van der Waals surface area contributed by atoms with Crippen molar-refractivity contribution in [1.82, 2.24) is 0 Å². The molecule has 0 unspecified atom stereocenters. The lowest BCUT2D eigenvalue weighted by Gasteiger charge is -2.38. The van der Waals surface area contributed by atoms with E-state index in [1.165, 1.54) is 9.80 Å². The molecule has 3 aromatic carbocycles. The summed E-state index contributed by atoms with van der Waals surface area (Å²) in [6.07, 6.45) is -0.525. The van der Waals surface area contributed by atoms with Crippen LogP contribution in [0.1, 0.15) is 49.9 Å². The van der Waals surface area contributed by atoms with Crippen LogP contribution < -0.4 is 9.80 Å². The van der Waals surface area contributed by atoms with Gasteiger partial charge in [0, 0.05) is 42.0 Å². The minimum atomic E-state index is -1.09. The van der Waals surface area contributed by atoms with E-state index in [2.05, 4.69) is 0 Å². The van der Waals surface area contributed by atoms with E-state index in [9.17, 15) is 20.2 Å². The molecule has 0 N–H and O–H groups in total. The molecule has 4 atom stereocenters. The van der Waals surface area contributed by atoms with Crippen LogP contribution in [0.15, 0.2) is 36.4 Å². The lowest BCUT2D eigenvalue weighted by atomic mass is 10.0. The smallest absolute Gasteiger partial charge is 0.288 e. The van der Waals surface area contributed by atoms with E-state index in [1.54, 1.807) is 13.8 Å². The van der Waals surface area contributed by atoms with Gasteiger partial charge in [0.25, 0.3) is 11.4 Å². The van der Waals surface area contributed by atoms with E-state index in [0.717, 1.165) is 36.4 Å². The minimum Gasteiger partial charge on any atom is -0.372 e. The molecule has 0 saturated carbocycles. The number of hydrogen-bond acceptors (Lipinski definition) is 7. The fraction of sp³-hybridized carbons (Fsp3) is 0.357. The average Bonchev–Trinajstić information content (AvgIpc) is 3.32. The van der Waals surface area contributed by atoms with Crippen molar-refractivity contribution < 1.29 is 32.1 Å². The second kappa shape index (κ2) is 11.8. The highest BCUT2D eigenvalue weighted by atomic mass is 35.5. The normalized spacial score (nSPS) is 22.2. The van der Waals surface area contributed by atoms with E-state index < -0.39 is 66.6 Å². The van der Waals surface area contributed by atoms with Gasteiger partial charge in [-0.3, -0.25) is 20.2 Å². The Morgan fingerprint density at radius 3 is 1.56 bits per heavy atom. The summed E-state index contributed by atoms with van der Waals surface area (Å²) in [6, 6.07) is 3.22. The quantitative estimate of drug-likeness (QED) is 0.152. The highest BCUT2D eigenvalue weighted by Crippen LogP contribution is 2.50. The van der Waals surface area contributed by atoms with Gasteiger partial charge < -0.3 is 14.5 Å². The molecule has 3 aromatic rings. The van der Waals surface area contributed by atoms with Gasteiger partial charge in [0.15, 0.2) is 11.6 Å². The van der Waals surface area contributed by atoms with Crippen LogP contribution in [0.2, 0.25) is 10.0 Å². The third-order valence-electron chi connectivity index (χ3n) is 7.66. The Balaban J connectivity index is 1.67. The van der Waals surface area contributed by atoms with Gasteiger partial charge in [0.05, 0.1) is 34.1 Å². The van der Waals surface area contributed by atoms with Crippen LogP contribution in [0.4, 0.5) is 40.3 Å². The van der Waals surface area contributed by atoms with Crippen molar-refractivity contribution in [2.75, 3.05) is 22.9 Å². The summed E-state index contributed by atoms with van der Waals surface area (Å²) in [7, 11) is 0. The van der Waals surface area contributed by atoms with Crippen molar-refractivity contribution in [3.05, 3.63) is 101 Å². The molecule has 2 fully saturated rings. The Bertz CT molecular complexity index is 1520. The maximum absolute atomic E-state index is 15.8. The van der Waals surface area contributed by atoms with E-state index in [4.69, 9.17) is 27.9 Å². The Morgan fingerprint density at radius 2 is 1.16 bits per heavy atom. The molecule has 2 aliphatic rings. The first-order chi connectivity index (χ1) is 20.3. The number of anilines is 2. The number of morpholine rings is 1. The number of ether oxygens (including phenoxy) is 1. The number of nitro groups is 2. The van der Waals surface area contributed by atoms with Crippen molar-refractivity contribution in [1.29, 1.82) is 0 Å². The van der Waals surface area contributed by atoms with Gasteiger partial charge in [0.1, 0.15) is 27.4 Å². The standard InChI is InChI=1S/C28H24Cl2F4N4O5/c1-13-11-35(12-14(2)43-13)28-22(33)5-15(6-23(28)34)36-24(16-7-26(37(39)40)18(29)9-20(16)31)3-4-25(36)17-8-27(38(41)42)19(30)10-21(17)32/h5-10,13-14,24-25H,3-4,11-12H2,1-2H3/t13-,14+,24-,25-/m1/s1. The Kier molecular flexibility index (Phi) is 8.43. The predicted molar refractivity (Wildman–Crippen MR) is 152 cm³/mol. The summed E-state index contributed by atoms with van der Waals surface area (Å²) in [5, 5.41) is 22.3. The zero-order valence-electron chi connectivity index (χ0n) is 22.7. The molecule has 0 aromatic heterocycles. The maximum atomic E-state index is 15.8. The molecule has 0 aliphatic carbocycles. The monoisotopic (exact) mass is 642 g/mol. The van der Waals surface area contributed by atoms with Crippen LogP contribution >= 0.6 is 23.2 Å². The SMILES string of the molecule is C[C@@H]1CN(c2c(F)cc(N3[C@@H](c4cc([N+](=O)[O-])c(Cl)cc4F)CC[C@@H]3c3cc([N+](=O)[O-])c(Cl)cc3F)cc2F)C[C@H](C)O1. The number of hydrogen-bond donors (Lipinski definition) is 0. The lowest BCUT2D eigenvalue weighted by molar-refractivity contribution is -0.384. The van der Waals surface area contributed by atoms with Gasteiger partial charge >= 0.3 is 0 Å². The molecule has 9 nitrogen and oxygen atoms in total. The van der Waals surface area contributed by atoms with Gasteiger partial charge in [-0.2, -0.15) is 0 Å². The largest absolute Gasteiger partial charge is 0.372 e. The van der Waals surface area contributed by atoms with E-state index in [0.29, 0.717) is 0 Å². The van der Waals surface area contributed by atoms with Crippen LogP contribution in [0.5, 0.6) is 0 Å².